The zero-order valence-corrected chi connectivity index (χ0v) is 30.1. The van der Waals surface area contributed by atoms with Crippen LogP contribution in [-0.4, -0.2) is 51.8 Å². The topological polar surface area (TPSA) is 99.2 Å². The molecule has 45 heavy (non-hydrogen) atoms. The standard InChI is InChI=1S/C35H42INO7S/c1-8-43-29-16-22(15-24(36)33(29)44-45(40,41)23-11-9-21(2)10-12-23)30-31-25(17-34(3,4)19-27(31)38)37(13-14-42-7)26-18-35(5,6)20-28(39)32(26)30/h9-12,15-16,30H,8,13-14,17-20H2,1-7H3. The first-order chi connectivity index (χ1) is 21.1. The third-order valence-corrected chi connectivity index (χ3v) is 10.7. The summed E-state index contributed by atoms with van der Waals surface area (Å²) >= 11 is 2.05. The van der Waals surface area contributed by atoms with Crippen LogP contribution in [0.15, 0.2) is 63.8 Å². The number of aryl methyl sites for hydroxylation is 1. The Hall–Kier alpha value is -2.70. The lowest BCUT2D eigenvalue weighted by Gasteiger charge is -2.49. The molecule has 3 aliphatic rings. The quantitative estimate of drug-likeness (QED) is 0.198. The van der Waals surface area contributed by atoms with Gasteiger partial charge in [0.15, 0.2) is 23.1 Å². The fourth-order valence-electron chi connectivity index (χ4n) is 6.79. The van der Waals surface area contributed by atoms with Crippen LogP contribution in [0.1, 0.15) is 77.3 Å². The number of carbonyl (C=O) groups excluding carboxylic acids is 2. The molecule has 0 atom stereocenters. The van der Waals surface area contributed by atoms with Gasteiger partial charge < -0.3 is 18.6 Å². The van der Waals surface area contributed by atoms with Crippen molar-refractivity contribution in [2.75, 3.05) is 26.9 Å². The van der Waals surface area contributed by atoms with E-state index in [2.05, 4.69) is 55.2 Å². The van der Waals surface area contributed by atoms with Gasteiger partial charge in [-0.2, -0.15) is 8.42 Å². The monoisotopic (exact) mass is 747 g/mol. The van der Waals surface area contributed by atoms with E-state index in [1.807, 2.05) is 19.9 Å². The number of rotatable bonds is 9. The lowest BCUT2D eigenvalue weighted by atomic mass is 9.63. The SMILES string of the molecule is CCOc1cc(C2C3=C(CC(C)(C)CC3=O)N(CCOC)C3=C2C(=O)CC(C)(C)C3)cc(I)c1OS(=O)(=O)c1ccc(C)cc1. The highest BCUT2D eigenvalue weighted by atomic mass is 127. The highest BCUT2D eigenvalue weighted by Crippen LogP contribution is 2.55. The second-order valence-corrected chi connectivity index (χ2v) is 16.5. The third-order valence-electron chi connectivity index (χ3n) is 8.71. The summed E-state index contributed by atoms with van der Waals surface area (Å²) in [6, 6.07) is 10.0. The second kappa shape index (κ2) is 12.5. The number of hydrogen-bond donors (Lipinski definition) is 0. The molecule has 0 saturated heterocycles. The summed E-state index contributed by atoms with van der Waals surface area (Å²) in [6.07, 6.45) is 2.11. The Morgan fingerprint density at radius 2 is 1.47 bits per heavy atom. The molecule has 1 aliphatic heterocycles. The second-order valence-electron chi connectivity index (χ2n) is 13.8. The van der Waals surface area contributed by atoms with E-state index in [9.17, 15) is 18.0 Å². The van der Waals surface area contributed by atoms with Crippen molar-refractivity contribution >= 4 is 44.3 Å². The first-order valence-corrected chi connectivity index (χ1v) is 17.8. The van der Waals surface area contributed by atoms with Gasteiger partial charge >= 0.3 is 10.1 Å². The summed E-state index contributed by atoms with van der Waals surface area (Å²) in [6.45, 7) is 13.4. The first kappa shape index (κ1) is 33.7. The molecule has 0 N–H and O–H groups in total. The van der Waals surface area contributed by atoms with E-state index in [0.717, 1.165) is 17.0 Å². The highest BCUT2D eigenvalue weighted by Gasteiger charge is 2.49. The molecule has 242 valence electrons. The van der Waals surface area contributed by atoms with Gasteiger partial charge in [0.25, 0.3) is 0 Å². The van der Waals surface area contributed by atoms with Crippen LogP contribution < -0.4 is 8.92 Å². The molecule has 2 aromatic rings. The van der Waals surface area contributed by atoms with Crippen LogP contribution in [0.4, 0.5) is 0 Å². The Labute approximate surface area is 280 Å². The first-order valence-electron chi connectivity index (χ1n) is 15.3. The number of ether oxygens (including phenoxy) is 2. The minimum absolute atomic E-state index is 0.0214. The Bertz CT molecular complexity index is 1650. The molecule has 10 heteroatoms. The van der Waals surface area contributed by atoms with Gasteiger partial charge in [-0.3, -0.25) is 9.59 Å². The van der Waals surface area contributed by atoms with E-state index >= 15 is 0 Å². The molecule has 0 spiro atoms. The number of hydrogen-bond acceptors (Lipinski definition) is 8. The van der Waals surface area contributed by atoms with Gasteiger partial charge in [-0.1, -0.05) is 45.4 Å². The van der Waals surface area contributed by atoms with Crippen LogP contribution in [0.5, 0.6) is 11.5 Å². The van der Waals surface area contributed by atoms with E-state index in [4.69, 9.17) is 13.7 Å². The minimum atomic E-state index is -4.16. The maximum atomic E-state index is 14.1. The Morgan fingerprint density at radius 1 is 0.911 bits per heavy atom. The molecular weight excluding hydrogens is 705 g/mol. The molecule has 8 nitrogen and oxygen atoms in total. The molecule has 0 aromatic heterocycles. The number of ketones is 2. The number of Topliss-reactive ketones (excluding diaryl/α,β-unsaturated/α-hetero) is 2. The van der Waals surface area contributed by atoms with Crippen LogP contribution in [0.2, 0.25) is 0 Å². The lowest BCUT2D eigenvalue weighted by molar-refractivity contribution is -0.119. The van der Waals surface area contributed by atoms with Crippen LogP contribution in [-0.2, 0) is 24.4 Å². The van der Waals surface area contributed by atoms with Crippen molar-refractivity contribution in [2.24, 2.45) is 10.8 Å². The Kier molecular flexibility index (Phi) is 9.34. The van der Waals surface area contributed by atoms with Gasteiger partial charge in [-0.25, -0.2) is 0 Å². The normalized spacial score (nSPS) is 19.9. The van der Waals surface area contributed by atoms with Gasteiger partial charge in [-0.05, 0) is 89.9 Å². The zero-order valence-electron chi connectivity index (χ0n) is 27.1. The van der Waals surface area contributed by atoms with Gasteiger partial charge in [0.1, 0.15) is 4.90 Å². The number of allylic oxidation sites excluding steroid dienone is 4. The van der Waals surface area contributed by atoms with Crippen molar-refractivity contribution in [1.29, 1.82) is 0 Å². The van der Waals surface area contributed by atoms with E-state index in [1.54, 1.807) is 25.3 Å². The largest absolute Gasteiger partial charge is 0.490 e. The summed E-state index contributed by atoms with van der Waals surface area (Å²) in [7, 11) is -2.50. The maximum Gasteiger partial charge on any atom is 0.339 e. The zero-order chi connectivity index (χ0) is 32.9. The lowest BCUT2D eigenvalue weighted by Crippen LogP contribution is -2.45. The molecule has 0 saturated carbocycles. The summed E-state index contributed by atoms with van der Waals surface area (Å²) in [5, 5.41) is 0. The molecule has 1 heterocycles. The summed E-state index contributed by atoms with van der Waals surface area (Å²) in [5.41, 5.74) is 4.30. The van der Waals surface area contributed by atoms with Crippen LogP contribution in [0.3, 0.4) is 0 Å². The number of methoxy groups -OCH3 is 1. The number of carbonyl (C=O) groups is 2. The molecular formula is C35H42INO7S. The Balaban J connectivity index is 1.70. The van der Waals surface area contributed by atoms with Gasteiger partial charge in [-0.15, -0.1) is 0 Å². The molecule has 0 bridgehead atoms. The van der Waals surface area contributed by atoms with Gasteiger partial charge in [0.2, 0.25) is 0 Å². The van der Waals surface area contributed by atoms with E-state index < -0.39 is 16.0 Å². The van der Waals surface area contributed by atoms with Gasteiger partial charge in [0, 0.05) is 55.0 Å². The van der Waals surface area contributed by atoms with Crippen molar-refractivity contribution in [3.05, 3.63) is 73.6 Å². The van der Waals surface area contributed by atoms with Crippen LogP contribution in [0.25, 0.3) is 0 Å². The average Bonchev–Trinajstić information content (AvgIpc) is 2.92. The molecule has 0 fully saturated rings. The van der Waals surface area contributed by atoms with Crippen LogP contribution >= 0.6 is 22.6 Å². The number of benzene rings is 2. The van der Waals surface area contributed by atoms with Crippen molar-refractivity contribution in [2.45, 2.75) is 78.0 Å². The molecule has 5 rings (SSSR count). The van der Waals surface area contributed by atoms with Crippen molar-refractivity contribution in [3.8, 4) is 11.5 Å². The number of halogens is 1. The highest BCUT2D eigenvalue weighted by molar-refractivity contribution is 14.1. The fraction of sp³-hybridized carbons (Fsp3) is 0.486. The molecule has 2 aromatic carbocycles. The summed E-state index contributed by atoms with van der Waals surface area (Å²) in [4.78, 5) is 30.4. The maximum absolute atomic E-state index is 14.1. The fourth-order valence-corrected chi connectivity index (χ4v) is 8.64. The molecule has 0 radical (unpaired) electrons. The van der Waals surface area contributed by atoms with E-state index in [1.165, 1.54) is 12.1 Å². The summed E-state index contributed by atoms with van der Waals surface area (Å²) in [5.74, 6) is -0.235. The predicted molar refractivity (Wildman–Crippen MR) is 181 cm³/mol. The van der Waals surface area contributed by atoms with Crippen molar-refractivity contribution in [1.82, 2.24) is 4.90 Å². The van der Waals surface area contributed by atoms with E-state index in [0.29, 0.717) is 59.1 Å². The predicted octanol–water partition coefficient (Wildman–Crippen LogP) is 7.10. The smallest absolute Gasteiger partial charge is 0.339 e. The minimum Gasteiger partial charge on any atom is -0.490 e. The third kappa shape index (κ3) is 6.74. The average molecular weight is 748 g/mol. The molecule has 0 unspecified atom stereocenters. The van der Waals surface area contributed by atoms with Gasteiger partial charge in [0.05, 0.1) is 16.8 Å². The summed E-state index contributed by atoms with van der Waals surface area (Å²) < 4.78 is 44.3. The van der Waals surface area contributed by atoms with Crippen molar-refractivity contribution < 1.29 is 31.7 Å². The van der Waals surface area contributed by atoms with E-state index in [-0.39, 0.29) is 45.4 Å². The number of nitrogens with zero attached hydrogens (tertiary/aromatic N) is 1. The molecule has 0 amide bonds. The van der Waals surface area contributed by atoms with Crippen molar-refractivity contribution in [3.63, 3.8) is 0 Å². The van der Waals surface area contributed by atoms with Crippen LogP contribution in [0, 0.1) is 21.3 Å². The Morgan fingerprint density at radius 3 is 1.98 bits per heavy atom. The molecule has 2 aliphatic carbocycles.